The highest BCUT2D eigenvalue weighted by molar-refractivity contribution is 6.32. The van der Waals surface area contributed by atoms with Crippen molar-refractivity contribution in [2.45, 2.75) is 6.92 Å². The van der Waals surface area contributed by atoms with Gasteiger partial charge in [-0.2, -0.15) is 0 Å². The molecular weight excluding hydrogens is 150 g/mol. The summed E-state index contributed by atoms with van der Waals surface area (Å²) in [5, 5.41) is 0.637. The van der Waals surface area contributed by atoms with Crippen LogP contribution < -0.4 is 4.74 Å². The summed E-state index contributed by atoms with van der Waals surface area (Å²) >= 11 is 5.83. The van der Waals surface area contributed by atoms with E-state index in [9.17, 15) is 0 Å². The molecule has 0 saturated heterocycles. The zero-order valence-corrected chi connectivity index (χ0v) is 6.64. The molecule has 54 valence electrons. The highest BCUT2D eigenvalue weighted by Crippen LogP contribution is 2.25. The quantitative estimate of drug-likeness (QED) is 0.623. The Morgan fingerprint density at radius 3 is 2.70 bits per heavy atom. The van der Waals surface area contributed by atoms with Gasteiger partial charge in [0.2, 0.25) is 0 Å². The second-order valence-corrected chi connectivity index (χ2v) is 2.35. The summed E-state index contributed by atoms with van der Waals surface area (Å²) in [6.45, 7) is 1.89. The number of aromatic nitrogens is 1. The first kappa shape index (κ1) is 7.35. The molecule has 1 aromatic heterocycles. The zero-order valence-electron chi connectivity index (χ0n) is 5.89. The van der Waals surface area contributed by atoms with Crippen LogP contribution in [0, 0.1) is 6.92 Å². The van der Waals surface area contributed by atoms with E-state index in [1.54, 1.807) is 19.5 Å². The van der Waals surface area contributed by atoms with Crippen LogP contribution in [0.25, 0.3) is 0 Å². The Bertz CT molecular complexity index is 237. The van der Waals surface area contributed by atoms with Gasteiger partial charge in [0.1, 0.15) is 0 Å². The number of halogens is 1. The normalized spacial score (nSPS) is 9.50. The first-order valence-corrected chi connectivity index (χ1v) is 3.27. The van der Waals surface area contributed by atoms with Gasteiger partial charge in [-0.05, 0) is 12.5 Å². The van der Waals surface area contributed by atoms with Gasteiger partial charge in [-0.15, -0.1) is 0 Å². The summed E-state index contributed by atoms with van der Waals surface area (Å²) in [6, 6.07) is 0. The topological polar surface area (TPSA) is 22.1 Å². The fourth-order valence-electron chi connectivity index (χ4n) is 0.667. The molecule has 0 aliphatic heterocycles. The number of hydrogen-bond donors (Lipinski definition) is 0. The van der Waals surface area contributed by atoms with Crippen molar-refractivity contribution in [3.05, 3.63) is 23.0 Å². The van der Waals surface area contributed by atoms with Crippen molar-refractivity contribution in [3.8, 4) is 5.75 Å². The Balaban J connectivity index is 3.14. The number of aryl methyl sites for hydroxylation is 1. The summed E-state index contributed by atoms with van der Waals surface area (Å²) in [6.07, 6.45) is 3.29. The molecule has 0 aliphatic carbocycles. The van der Waals surface area contributed by atoms with Gasteiger partial charge in [0, 0.05) is 6.20 Å². The van der Waals surface area contributed by atoms with E-state index < -0.39 is 0 Å². The van der Waals surface area contributed by atoms with Crippen LogP contribution in [0.3, 0.4) is 0 Å². The molecule has 3 heteroatoms. The zero-order chi connectivity index (χ0) is 7.56. The Hall–Kier alpha value is -0.760. The molecule has 0 saturated carbocycles. The van der Waals surface area contributed by atoms with Gasteiger partial charge in [-0.25, -0.2) is 0 Å². The Kier molecular flexibility index (Phi) is 2.12. The van der Waals surface area contributed by atoms with E-state index in [0.29, 0.717) is 10.8 Å². The van der Waals surface area contributed by atoms with Crippen LogP contribution in [0.1, 0.15) is 5.56 Å². The van der Waals surface area contributed by atoms with E-state index >= 15 is 0 Å². The minimum Gasteiger partial charge on any atom is -0.494 e. The molecule has 10 heavy (non-hydrogen) atoms. The third kappa shape index (κ3) is 1.21. The van der Waals surface area contributed by atoms with E-state index in [1.807, 2.05) is 6.92 Å². The number of methoxy groups -OCH3 is 1. The molecule has 2 nitrogen and oxygen atoms in total. The minimum atomic E-state index is 0.627. The van der Waals surface area contributed by atoms with Gasteiger partial charge in [-0.3, -0.25) is 4.98 Å². The molecule has 0 aromatic carbocycles. The molecule has 1 rings (SSSR count). The van der Waals surface area contributed by atoms with Crippen LogP contribution in [0.2, 0.25) is 5.02 Å². The predicted octanol–water partition coefficient (Wildman–Crippen LogP) is 2.05. The largest absolute Gasteiger partial charge is 0.494 e. The molecule has 0 unspecified atom stereocenters. The fourth-order valence-corrected chi connectivity index (χ4v) is 0.841. The average Bonchev–Trinajstić information content (AvgIpc) is 1.95. The third-order valence-electron chi connectivity index (χ3n) is 1.24. The monoisotopic (exact) mass is 157 g/mol. The molecule has 0 amide bonds. The first-order valence-electron chi connectivity index (χ1n) is 2.90. The molecule has 1 aromatic rings. The Morgan fingerprint density at radius 1 is 1.50 bits per heavy atom. The van der Waals surface area contributed by atoms with Gasteiger partial charge in [0.25, 0.3) is 0 Å². The van der Waals surface area contributed by atoms with Gasteiger partial charge >= 0.3 is 0 Å². The Morgan fingerprint density at radius 2 is 2.20 bits per heavy atom. The summed E-state index contributed by atoms with van der Waals surface area (Å²) in [5.41, 5.74) is 0.931. The second kappa shape index (κ2) is 2.88. The maximum atomic E-state index is 5.83. The van der Waals surface area contributed by atoms with Crippen molar-refractivity contribution in [1.82, 2.24) is 4.98 Å². The first-order chi connectivity index (χ1) is 4.75. The molecule has 0 bridgehead atoms. The van der Waals surface area contributed by atoms with E-state index in [0.717, 1.165) is 5.56 Å². The smallest absolute Gasteiger partial charge is 0.155 e. The molecule has 0 aliphatic rings. The van der Waals surface area contributed by atoms with Crippen LogP contribution in [-0.4, -0.2) is 12.1 Å². The molecule has 1 heterocycles. The lowest BCUT2D eigenvalue weighted by molar-refractivity contribution is 0.413. The van der Waals surface area contributed by atoms with Crippen LogP contribution in [0.5, 0.6) is 5.75 Å². The summed E-state index contributed by atoms with van der Waals surface area (Å²) in [7, 11) is 1.57. The van der Waals surface area contributed by atoms with E-state index in [1.165, 1.54) is 0 Å². The number of rotatable bonds is 1. The van der Waals surface area contributed by atoms with Crippen molar-refractivity contribution >= 4 is 11.6 Å². The van der Waals surface area contributed by atoms with Crippen LogP contribution in [-0.2, 0) is 0 Å². The summed E-state index contributed by atoms with van der Waals surface area (Å²) < 4.78 is 4.93. The van der Waals surface area contributed by atoms with Gasteiger partial charge < -0.3 is 4.74 Å². The molecule has 0 N–H and O–H groups in total. The van der Waals surface area contributed by atoms with Gasteiger partial charge in [-0.1, -0.05) is 11.6 Å². The van der Waals surface area contributed by atoms with E-state index in [2.05, 4.69) is 4.98 Å². The maximum absolute atomic E-state index is 5.83. The van der Waals surface area contributed by atoms with Gasteiger partial charge in [0.05, 0.1) is 18.3 Å². The van der Waals surface area contributed by atoms with Crippen LogP contribution >= 0.6 is 11.6 Å². The summed E-state index contributed by atoms with van der Waals surface area (Å²) in [4.78, 5) is 3.91. The van der Waals surface area contributed by atoms with Crippen molar-refractivity contribution in [1.29, 1.82) is 0 Å². The highest BCUT2D eigenvalue weighted by atomic mass is 35.5. The molecular formula is C7H8ClNO. The average molecular weight is 158 g/mol. The van der Waals surface area contributed by atoms with Crippen molar-refractivity contribution in [2.75, 3.05) is 7.11 Å². The number of nitrogens with zero attached hydrogens (tertiary/aromatic N) is 1. The molecule has 0 spiro atoms. The highest BCUT2D eigenvalue weighted by Gasteiger charge is 2.01. The van der Waals surface area contributed by atoms with Crippen molar-refractivity contribution < 1.29 is 4.74 Å². The van der Waals surface area contributed by atoms with Crippen molar-refractivity contribution in [3.63, 3.8) is 0 Å². The lowest BCUT2D eigenvalue weighted by atomic mass is 10.3. The third-order valence-corrected chi connectivity index (χ3v) is 1.73. The fraction of sp³-hybridized carbons (Fsp3) is 0.286. The summed E-state index contributed by atoms with van der Waals surface area (Å²) in [5.74, 6) is 0.627. The number of pyridine rings is 1. The molecule has 0 fully saturated rings. The number of ether oxygens (including phenoxy) is 1. The maximum Gasteiger partial charge on any atom is 0.155 e. The Labute approximate surface area is 64.8 Å². The van der Waals surface area contributed by atoms with E-state index in [-0.39, 0.29) is 0 Å². The number of hydrogen-bond acceptors (Lipinski definition) is 2. The van der Waals surface area contributed by atoms with Crippen LogP contribution in [0.15, 0.2) is 12.4 Å². The second-order valence-electron chi connectivity index (χ2n) is 1.97. The predicted molar refractivity (Wildman–Crippen MR) is 40.5 cm³/mol. The van der Waals surface area contributed by atoms with Crippen molar-refractivity contribution in [2.24, 2.45) is 0 Å². The van der Waals surface area contributed by atoms with Crippen LogP contribution in [0.4, 0.5) is 0 Å². The lowest BCUT2D eigenvalue weighted by Crippen LogP contribution is -1.87. The van der Waals surface area contributed by atoms with Gasteiger partial charge in [0.15, 0.2) is 5.75 Å². The standard InChI is InChI=1S/C7H8ClNO/c1-5-3-9-4-6(10-2)7(5)8/h3-4H,1-2H3. The van der Waals surface area contributed by atoms with E-state index in [4.69, 9.17) is 16.3 Å². The SMILES string of the molecule is COc1cncc(C)c1Cl. The minimum absolute atomic E-state index is 0.627. The molecule has 0 atom stereocenters. The lowest BCUT2D eigenvalue weighted by Gasteiger charge is -2.02. The molecule has 0 radical (unpaired) electrons.